The molecule has 1 aliphatic heterocycles. The van der Waals surface area contributed by atoms with Gasteiger partial charge in [0.2, 0.25) is 5.91 Å². The molecule has 0 saturated carbocycles. The number of carbonyl (C=O) groups is 2. The van der Waals surface area contributed by atoms with Crippen LogP contribution in [-0.4, -0.2) is 61.1 Å². The maximum atomic E-state index is 12.8. The Balaban J connectivity index is 1.52. The van der Waals surface area contributed by atoms with Gasteiger partial charge in [-0.3, -0.25) is 9.59 Å². The summed E-state index contributed by atoms with van der Waals surface area (Å²) in [5.41, 5.74) is 0.535. The number of amides is 2. The standard InChI is InChI=1S/C24H28N2O5/c1-3-13-26(18-22-5-4-16-30-22)24(28)19-6-8-20(9-7-19)31-21-10-14-25(15-11-21)23(27)12-17-29-2/h1,4-9,16,21H,10-15,17-18H2,2H3. The predicted molar refractivity (Wildman–Crippen MR) is 115 cm³/mol. The number of furan rings is 1. The van der Waals surface area contributed by atoms with E-state index in [1.54, 1.807) is 48.6 Å². The molecule has 0 spiro atoms. The Morgan fingerprint density at radius 2 is 1.97 bits per heavy atom. The van der Waals surface area contributed by atoms with Gasteiger partial charge in [0, 0.05) is 38.6 Å². The average Bonchev–Trinajstić information content (AvgIpc) is 3.31. The summed E-state index contributed by atoms with van der Waals surface area (Å²) in [6.45, 7) is 2.31. The van der Waals surface area contributed by atoms with Crippen LogP contribution < -0.4 is 4.74 Å². The second-order valence-electron chi connectivity index (χ2n) is 7.41. The number of methoxy groups -OCH3 is 1. The third kappa shape index (κ3) is 6.37. The number of piperidine rings is 1. The van der Waals surface area contributed by atoms with Gasteiger partial charge in [0.15, 0.2) is 0 Å². The van der Waals surface area contributed by atoms with Crippen molar-refractivity contribution < 1.29 is 23.5 Å². The van der Waals surface area contributed by atoms with Gasteiger partial charge in [-0.05, 0) is 36.4 Å². The van der Waals surface area contributed by atoms with E-state index in [9.17, 15) is 9.59 Å². The largest absolute Gasteiger partial charge is 0.490 e. The van der Waals surface area contributed by atoms with E-state index in [2.05, 4.69) is 5.92 Å². The fourth-order valence-electron chi connectivity index (χ4n) is 3.52. The molecule has 1 aromatic carbocycles. The molecule has 0 unspecified atom stereocenters. The second kappa shape index (κ2) is 11.2. The van der Waals surface area contributed by atoms with Crippen molar-refractivity contribution in [1.82, 2.24) is 9.80 Å². The van der Waals surface area contributed by atoms with E-state index in [-0.39, 0.29) is 24.5 Å². The van der Waals surface area contributed by atoms with Crippen molar-refractivity contribution in [3.05, 3.63) is 54.0 Å². The normalized spacial score (nSPS) is 14.1. The molecular formula is C24H28N2O5. The Kier molecular flexibility index (Phi) is 8.13. The first-order chi connectivity index (χ1) is 15.1. The van der Waals surface area contributed by atoms with Crippen LogP contribution in [0.1, 0.15) is 35.4 Å². The average molecular weight is 424 g/mol. The summed E-state index contributed by atoms with van der Waals surface area (Å²) in [4.78, 5) is 28.3. The molecule has 0 radical (unpaired) electrons. The second-order valence-corrected chi connectivity index (χ2v) is 7.41. The maximum Gasteiger partial charge on any atom is 0.255 e. The number of terminal acetylenes is 1. The van der Waals surface area contributed by atoms with Crippen LogP contribution in [0.3, 0.4) is 0 Å². The summed E-state index contributed by atoms with van der Waals surface area (Å²) in [6.07, 6.45) is 9.01. The topological polar surface area (TPSA) is 72.2 Å². The molecule has 0 N–H and O–H groups in total. The number of nitrogens with zero attached hydrogens (tertiary/aromatic N) is 2. The van der Waals surface area contributed by atoms with Gasteiger partial charge in [-0.1, -0.05) is 5.92 Å². The Morgan fingerprint density at radius 3 is 2.58 bits per heavy atom. The van der Waals surface area contributed by atoms with Crippen molar-refractivity contribution in [3.8, 4) is 18.1 Å². The molecule has 1 aromatic heterocycles. The highest BCUT2D eigenvalue weighted by molar-refractivity contribution is 5.94. The highest BCUT2D eigenvalue weighted by Crippen LogP contribution is 2.21. The summed E-state index contributed by atoms with van der Waals surface area (Å²) >= 11 is 0. The number of benzene rings is 1. The van der Waals surface area contributed by atoms with E-state index in [1.807, 2.05) is 11.0 Å². The summed E-state index contributed by atoms with van der Waals surface area (Å²) in [6, 6.07) is 10.7. The van der Waals surface area contributed by atoms with Crippen molar-refractivity contribution in [2.45, 2.75) is 31.9 Å². The third-order valence-corrected chi connectivity index (χ3v) is 5.21. The highest BCUT2D eigenvalue weighted by Gasteiger charge is 2.24. The summed E-state index contributed by atoms with van der Waals surface area (Å²) in [5, 5.41) is 0. The van der Waals surface area contributed by atoms with E-state index in [0.29, 0.717) is 49.7 Å². The van der Waals surface area contributed by atoms with E-state index in [1.165, 1.54) is 0 Å². The lowest BCUT2D eigenvalue weighted by Gasteiger charge is -2.32. The molecular weight excluding hydrogens is 396 g/mol. The van der Waals surface area contributed by atoms with Crippen molar-refractivity contribution in [3.63, 3.8) is 0 Å². The van der Waals surface area contributed by atoms with E-state index >= 15 is 0 Å². The highest BCUT2D eigenvalue weighted by atomic mass is 16.5. The zero-order valence-electron chi connectivity index (χ0n) is 17.8. The lowest BCUT2D eigenvalue weighted by atomic mass is 10.1. The number of likely N-dealkylation sites (tertiary alicyclic amines) is 1. The van der Waals surface area contributed by atoms with Crippen molar-refractivity contribution in [2.24, 2.45) is 0 Å². The Bertz CT molecular complexity index is 878. The number of carbonyl (C=O) groups excluding carboxylic acids is 2. The molecule has 31 heavy (non-hydrogen) atoms. The minimum atomic E-state index is -0.163. The van der Waals surface area contributed by atoms with E-state index in [0.717, 1.165) is 12.8 Å². The van der Waals surface area contributed by atoms with Crippen LogP contribution in [0.2, 0.25) is 0 Å². The first-order valence-electron chi connectivity index (χ1n) is 10.4. The first kappa shape index (κ1) is 22.4. The van der Waals surface area contributed by atoms with Crippen LogP contribution in [0, 0.1) is 12.3 Å². The number of hydrogen-bond acceptors (Lipinski definition) is 5. The molecule has 2 amide bonds. The minimum absolute atomic E-state index is 0.0462. The molecule has 164 valence electrons. The molecule has 2 heterocycles. The van der Waals surface area contributed by atoms with Gasteiger partial charge in [0.25, 0.3) is 5.91 Å². The summed E-state index contributed by atoms with van der Waals surface area (Å²) in [5.74, 6) is 3.86. The van der Waals surface area contributed by atoms with Gasteiger partial charge in [-0.25, -0.2) is 0 Å². The van der Waals surface area contributed by atoms with Crippen LogP contribution in [0.25, 0.3) is 0 Å². The molecule has 0 bridgehead atoms. The molecule has 0 atom stereocenters. The fourth-order valence-corrected chi connectivity index (χ4v) is 3.52. The predicted octanol–water partition coefficient (Wildman–Crippen LogP) is 2.96. The minimum Gasteiger partial charge on any atom is -0.490 e. The van der Waals surface area contributed by atoms with Crippen molar-refractivity contribution >= 4 is 11.8 Å². The van der Waals surface area contributed by atoms with Gasteiger partial charge >= 0.3 is 0 Å². The molecule has 7 nitrogen and oxygen atoms in total. The van der Waals surface area contributed by atoms with Crippen LogP contribution in [-0.2, 0) is 16.1 Å². The van der Waals surface area contributed by atoms with E-state index < -0.39 is 0 Å². The van der Waals surface area contributed by atoms with Crippen molar-refractivity contribution in [2.75, 3.05) is 33.4 Å². The van der Waals surface area contributed by atoms with Crippen LogP contribution in [0.5, 0.6) is 5.75 Å². The molecule has 1 saturated heterocycles. The van der Waals surface area contributed by atoms with Crippen molar-refractivity contribution in [1.29, 1.82) is 0 Å². The molecule has 3 rings (SSSR count). The monoisotopic (exact) mass is 424 g/mol. The molecule has 2 aromatic rings. The molecule has 0 aliphatic carbocycles. The lowest BCUT2D eigenvalue weighted by molar-refractivity contribution is -0.133. The zero-order chi connectivity index (χ0) is 22.1. The zero-order valence-corrected chi connectivity index (χ0v) is 17.8. The molecule has 7 heteroatoms. The van der Waals surface area contributed by atoms with Gasteiger partial charge in [-0.15, -0.1) is 6.42 Å². The number of ether oxygens (including phenoxy) is 2. The van der Waals surface area contributed by atoms with E-state index in [4.69, 9.17) is 20.3 Å². The Morgan fingerprint density at radius 1 is 1.23 bits per heavy atom. The van der Waals surface area contributed by atoms with Gasteiger partial charge in [0.05, 0.1) is 32.4 Å². The Labute approximate surface area is 182 Å². The Hall–Kier alpha value is -3.24. The SMILES string of the molecule is C#CCN(Cc1ccco1)C(=O)c1ccc(OC2CCN(C(=O)CCOC)CC2)cc1. The van der Waals surface area contributed by atoms with Gasteiger partial charge in [-0.2, -0.15) is 0 Å². The molecule has 1 aliphatic rings. The summed E-state index contributed by atoms with van der Waals surface area (Å²) < 4.78 is 16.4. The smallest absolute Gasteiger partial charge is 0.255 e. The van der Waals surface area contributed by atoms with Gasteiger partial charge in [0.1, 0.15) is 17.6 Å². The quantitative estimate of drug-likeness (QED) is 0.579. The summed E-state index contributed by atoms with van der Waals surface area (Å²) in [7, 11) is 1.60. The van der Waals surface area contributed by atoms with Crippen LogP contribution in [0.4, 0.5) is 0 Å². The van der Waals surface area contributed by atoms with Crippen LogP contribution in [0.15, 0.2) is 47.1 Å². The van der Waals surface area contributed by atoms with Crippen LogP contribution >= 0.6 is 0 Å². The maximum absolute atomic E-state index is 12.8. The fraction of sp³-hybridized carbons (Fsp3) is 0.417. The number of rotatable bonds is 9. The third-order valence-electron chi connectivity index (χ3n) is 5.21. The first-order valence-corrected chi connectivity index (χ1v) is 10.4. The lowest BCUT2D eigenvalue weighted by Crippen LogP contribution is -2.42. The van der Waals surface area contributed by atoms with Gasteiger partial charge < -0.3 is 23.7 Å². The molecule has 1 fully saturated rings. The number of hydrogen-bond donors (Lipinski definition) is 0.